The quantitative estimate of drug-likeness (QED) is 0.158. The van der Waals surface area contributed by atoms with Crippen molar-refractivity contribution in [3.05, 3.63) is 0 Å². The Hall–Kier alpha value is -0.280. The third-order valence-electron chi connectivity index (χ3n) is 5.72. The van der Waals surface area contributed by atoms with Gasteiger partial charge in [0.1, 0.15) is 0 Å². The van der Waals surface area contributed by atoms with E-state index in [1.165, 1.54) is 38.5 Å². The van der Waals surface area contributed by atoms with E-state index in [1.807, 2.05) is 0 Å². The highest BCUT2D eigenvalue weighted by atomic mass is 16.6. The fourth-order valence-electron chi connectivity index (χ4n) is 3.53. The second-order valence-electron chi connectivity index (χ2n) is 9.65. The Bertz CT molecular complexity index is 382. The molecule has 0 amide bonds. The van der Waals surface area contributed by atoms with Crippen molar-refractivity contribution in [3.63, 3.8) is 0 Å². The molecule has 0 aliphatic heterocycles. The first-order chi connectivity index (χ1) is 16.6. The predicted octanol–water partition coefficient (Wildman–Crippen LogP) is 4.74. The topological polar surface area (TPSA) is 75.6 Å². The van der Waals surface area contributed by atoms with Crippen LogP contribution in [-0.2, 0) is 28.4 Å². The van der Waals surface area contributed by atoms with E-state index in [0.29, 0.717) is 72.7 Å². The highest BCUT2D eigenvalue weighted by Crippen LogP contribution is 2.20. The van der Waals surface area contributed by atoms with Crippen LogP contribution in [0.3, 0.4) is 0 Å². The van der Waals surface area contributed by atoms with Gasteiger partial charge in [0.05, 0.1) is 79.3 Å². The average molecular weight is 493 g/mol. The molecule has 0 radical (unpaired) electrons. The lowest BCUT2D eigenvalue weighted by molar-refractivity contribution is -0.0185. The molecule has 0 rings (SSSR count). The third kappa shape index (κ3) is 28.0. The van der Waals surface area contributed by atoms with Crippen molar-refractivity contribution in [1.82, 2.24) is 0 Å². The van der Waals surface area contributed by atoms with Crippen LogP contribution in [0.25, 0.3) is 0 Å². The van der Waals surface area contributed by atoms with Crippen molar-refractivity contribution in [2.24, 2.45) is 17.8 Å². The molecule has 7 heteroatoms. The molecule has 0 saturated carbocycles. The highest BCUT2D eigenvalue weighted by Gasteiger charge is 2.06. The molecule has 34 heavy (non-hydrogen) atoms. The van der Waals surface area contributed by atoms with E-state index in [-0.39, 0.29) is 6.61 Å². The first kappa shape index (κ1) is 33.7. The van der Waals surface area contributed by atoms with E-state index in [4.69, 9.17) is 33.5 Å². The molecule has 0 fully saturated rings. The Labute approximate surface area is 210 Å². The summed E-state index contributed by atoms with van der Waals surface area (Å²) in [7, 11) is 0. The molecule has 0 saturated heterocycles. The van der Waals surface area contributed by atoms with Crippen molar-refractivity contribution < 1.29 is 33.5 Å². The Balaban J connectivity index is 3.20. The van der Waals surface area contributed by atoms with E-state index in [2.05, 4.69) is 27.7 Å². The summed E-state index contributed by atoms with van der Waals surface area (Å²) in [6, 6.07) is 0. The molecule has 7 nitrogen and oxygen atoms in total. The van der Waals surface area contributed by atoms with Crippen molar-refractivity contribution in [2.45, 2.75) is 72.6 Å². The summed E-state index contributed by atoms with van der Waals surface area (Å²) in [5.74, 6) is 2.44. The SMILES string of the molecule is CC(C)CCCC(C)CCCC(C)CCOCCOCCOCCOCCOCCOCCO. The lowest BCUT2D eigenvalue weighted by Crippen LogP contribution is -2.14. The minimum absolute atomic E-state index is 0.0415. The van der Waals surface area contributed by atoms with Crippen LogP contribution in [0.5, 0.6) is 0 Å². The lowest BCUT2D eigenvalue weighted by Gasteiger charge is -2.15. The third-order valence-corrected chi connectivity index (χ3v) is 5.72. The summed E-state index contributed by atoms with van der Waals surface area (Å²) in [6.45, 7) is 16.2. The Morgan fingerprint density at radius 3 is 1.12 bits per heavy atom. The van der Waals surface area contributed by atoms with Gasteiger partial charge in [0.2, 0.25) is 0 Å². The number of hydrogen-bond donors (Lipinski definition) is 1. The number of hydrogen-bond acceptors (Lipinski definition) is 7. The Morgan fingerprint density at radius 2 is 0.735 bits per heavy atom. The molecule has 2 unspecified atom stereocenters. The Kier molecular flexibility index (Phi) is 27.1. The predicted molar refractivity (Wildman–Crippen MR) is 137 cm³/mol. The average Bonchev–Trinajstić information content (AvgIpc) is 2.80. The zero-order valence-corrected chi connectivity index (χ0v) is 22.8. The van der Waals surface area contributed by atoms with Gasteiger partial charge in [0, 0.05) is 6.61 Å². The summed E-state index contributed by atoms with van der Waals surface area (Å²) in [5, 5.41) is 8.57. The lowest BCUT2D eigenvalue weighted by atomic mass is 9.93. The first-order valence-corrected chi connectivity index (χ1v) is 13.6. The molecular weight excluding hydrogens is 436 g/mol. The summed E-state index contributed by atoms with van der Waals surface area (Å²) >= 11 is 0. The molecule has 2 atom stereocenters. The molecular formula is C27H56O7. The molecule has 0 bridgehead atoms. The molecule has 206 valence electrons. The van der Waals surface area contributed by atoms with Gasteiger partial charge in [-0.1, -0.05) is 66.2 Å². The maximum Gasteiger partial charge on any atom is 0.0701 e. The zero-order chi connectivity index (χ0) is 25.1. The van der Waals surface area contributed by atoms with E-state index >= 15 is 0 Å². The zero-order valence-electron chi connectivity index (χ0n) is 22.8. The van der Waals surface area contributed by atoms with Crippen molar-refractivity contribution in [2.75, 3.05) is 85.9 Å². The fraction of sp³-hybridized carbons (Fsp3) is 1.00. The van der Waals surface area contributed by atoms with E-state index in [0.717, 1.165) is 30.8 Å². The normalized spacial score (nSPS) is 13.6. The summed E-state index contributed by atoms with van der Waals surface area (Å²) in [6.07, 6.45) is 9.28. The van der Waals surface area contributed by atoms with E-state index in [9.17, 15) is 0 Å². The van der Waals surface area contributed by atoms with Gasteiger partial charge in [-0.3, -0.25) is 0 Å². The summed E-state index contributed by atoms with van der Waals surface area (Å²) in [5.41, 5.74) is 0. The van der Waals surface area contributed by atoms with Gasteiger partial charge in [-0.15, -0.1) is 0 Å². The monoisotopic (exact) mass is 492 g/mol. The van der Waals surface area contributed by atoms with Gasteiger partial charge >= 0.3 is 0 Å². The van der Waals surface area contributed by atoms with Crippen LogP contribution in [0.4, 0.5) is 0 Å². The smallest absolute Gasteiger partial charge is 0.0701 e. The van der Waals surface area contributed by atoms with Gasteiger partial charge < -0.3 is 33.5 Å². The Morgan fingerprint density at radius 1 is 0.412 bits per heavy atom. The van der Waals surface area contributed by atoms with Gasteiger partial charge in [0.15, 0.2) is 0 Å². The van der Waals surface area contributed by atoms with E-state index < -0.39 is 0 Å². The van der Waals surface area contributed by atoms with Crippen LogP contribution < -0.4 is 0 Å². The van der Waals surface area contributed by atoms with Crippen molar-refractivity contribution in [1.29, 1.82) is 0 Å². The molecule has 0 aliphatic carbocycles. The van der Waals surface area contributed by atoms with Gasteiger partial charge in [-0.2, -0.15) is 0 Å². The van der Waals surface area contributed by atoms with Gasteiger partial charge in [-0.05, 0) is 24.2 Å². The number of ether oxygens (including phenoxy) is 6. The van der Waals surface area contributed by atoms with E-state index in [1.54, 1.807) is 0 Å². The summed E-state index contributed by atoms with van der Waals surface area (Å²) in [4.78, 5) is 0. The largest absolute Gasteiger partial charge is 0.394 e. The van der Waals surface area contributed by atoms with Crippen molar-refractivity contribution in [3.8, 4) is 0 Å². The molecule has 0 aliphatic rings. The van der Waals surface area contributed by atoms with Crippen LogP contribution in [0, 0.1) is 17.8 Å². The summed E-state index contributed by atoms with van der Waals surface area (Å²) < 4.78 is 32.6. The van der Waals surface area contributed by atoms with Crippen LogP contribution in [-0.4, -0.2) is 91.0 Å². The molecule has 0 heterocycles. The molecule has 0 aromatic rings. The second-order valence-corrected chi connectivity index (χ2v) is 9.65. The fourth-order valence-corrected chi connectivity index (χ4v) is 3.53. The number of aliphatic hydroxyl groups is 1. The number of aliphatic hydroxyl groups excluding tert-OH is 1. The second kappa shape index (κ2) is 27.3. The molecule has 1 N–H and O–H groups in total. The van der Waals surface area contributed by atoms with Gasteiger partial charge in [0.25, 0.3) is 0 Å². The van der Waals surface area contributed by atoms with Crippen LogP contribution in [0.15, 0.2) is 0 Å². The van der Waals surface area contributed by atoms with Crippen LogP contribution >= 0.6 is 0 Å². The molecule has 0 aromatic heterocycles. The standard InChI is InChI=1S/C27H56O7/c1-25(2)7-5-8-26(3)9-6-10-27(4)11-13-29-15-17-31-19-21-33-23-24-34-22-20-32-18-16-30-14-12-28/h25-28H,5-24H2,1-4H3. The first-order valence-electron chi connectivity index (χ1n) is 13.6. The maximum atomic E-state index is 8.57. The van der Waals surface area contributed by atoms with Crippen LogP contribution in [0.2, 0.25) is 0 Å². The minimum Gasteiger partial charge on any atom is -0.394 e. The molecule has 0 aromatic carbocycles. The maximum absolute atomic E-state index is 8.57. The highest BCUT2D eigenvalue weighted by molar-refractivity contribution is 4.59. The minimum atomic E-state index is 0.0415. The van der Waals surface area contributed by atoms with Crippen LogP contribution in [0.1, 0.15) is 72.6 Å². The van der Waals surface area contributed by atoms with Gasteiger partial charge in [-0.25, -0.2) is 0 Å². The number of rotatable bonds is 28. The van der Waals surface area contributed by atoms with Crippen molar-refractivity contribution >= 4 is 0 Å². The molecule has 0 spiro atoms.